The van der Waals surface area contributed by atoms with Crippen LogP contribution >= 0.6 is 0 Å². The number of hydrogen-bond acceptors (Lipinski definition) is 2. The first-order valence-electron chi connectivity index (χ1n) is 7.61. The maximum atomic E-state index is 12.6. The van der Waals surface area contributed by atoms with E-state index in [9.17, 15) is 4.79 Å². The first kappa shape index (κ1) is 13.4. The van der Waals surface area contributed by atoms with Crippen LogP contribution in [0.2, 0.25) is 0 Å². The van der Waals surface area contributed by atoms with E-state index in [4.69, 9.17) is 0 Å². The lowest BCUT2D eigenvalue weighted by molar-refractivity contribution is -0.118. The molecular weight excluding hydrogens is 248 g/mol. The largest absolute Gasteiger partial charge is 0.311 e. The third-order valence-corrected chi connectivity index (χ3v) is 4.17. The second-order valence-corrected chi connectivity index (χ2v) is 5.64. The molecule has 0 saturated carbocycles. The second-order valence-electron chi connectivity index (χ2n) is 5.64. The highest BCUT2D eigenvalue weighted by Crippen LogP contribution is 2.26. The van der Waals surface area contributed by atoms with E-state index in [0.717, 1.165) is 38.2 Å². The fourth-order valence-electron chi connectivity index (χ4n) is 3.07. The number of nitrogens with one attached hydrogen (secondary N) is 1. The number of carbonyl (C=O) groups excluding carboxylic acids is 1. The molecule has 106 valence electrons. The number of carbonyl (C=O) groups is 1. The number of fused-ring (bicyclic) bond motifs is 1. The third-order valence-electron chi connectivity index (χ3n) is 4.17. The van der Waals surface area contributed by atoms with Crippen molar-refractivity contribution in [1.82, 2.24) is 5.32 Å². The molecule has 20 heavy (non-hydrogen) atoms. The van der Waals surface area contributed by atoms with Crippen LogP contribution in [0.15, 0.2) is 35.9 Å². The van der Waals surface area contributed by atoms with E-state index in [1.807, 2.05) is 17.0 Å². The van der Waals surface area contributed by atoms with Crippen molar-refractivity contribution in [3.05, 3.63) is 41.5 Å². The minimum atomic E-state index is 0.245. The molecule has 0 aromatic heterocycles. The lowest BCUT2D eigenvalue weighted by Gasteiger charge is -2.24. The summed E-state index contributed by atoms with van der Waals surface area (Å²) in [5, 5.41) is 3.38. The summed E-state index contributed by atoms with van der Waals surface area (Å²) < 4.78 is 0. The Morgan fingerprint density at radius 3 is 3.00 bits per heavy atom. The molecule has 1 heterocycles. The predicted molar refractivity (Wildman–Crippen MR) is 81.7 cm³/mol. The van der Waals surface area contributed by atoms with Gasteiger partial charge in [-0.15, -0.1) is 0 Å². The van der Waals surface area contributed by atoms with Crippen LogP contribution in [0.4, 0.5) is 5.69 Å². The van der Waals surface area contributed by atoms with Crippen LogP contribution in [0.3, 0.4) is 0 Å². The summed E-state index contributed by atoms with van der Waals surface area (Å²) in [5.74, 6) is 0.245. The van der Waals surface area contributed by atoms with Crippen LogP contribution in [-0.4, -0.2) is 19.0 Å². The summed E-state index contributed by atoms with van der Waals surface area (Å²) in [6, 6.07) is 8.23. The Morgan fingerprint density at radius 2 is 2.15 bits per heavy atom. The number of rotatable bonds is 2. The first-order chi connectivity index (χ1) is 9.84. The van der Waals surface area contributed by atoms with Crippen molar-refractivity contribution in [2.45, 2.75) is 38.6 Å². The molecule has 3 rings (SSSR count). The van der Waals surface area contributed by atoms with Crippen LogP contribution in [0, 0.1) is 0 Å². The van der Waals surface area contributed by atoms with Gasteiger partial charge in [-0.25, -0.2) is 0 Å². The van der Waals surface area contributed by atoms with Gasteiger partial charge in [0.2, 0.25) is 5.91 Å². The van der Waals surface area contributed by atoms with Gasteiger partial charge in [0.1, 0.15) is 0 Å². The van der Waals surface area contributed by atoms with Crippen molar-refractivity contribution < 1.29 is 4.79 Å². The highest BCUT2D eigenvalue weighted by Gasteiger charge is 2.21. The third kappa shape index (κ3) is 2.93. The molecule has 0 unspecified atom stereocenters. The lowest BCUT2D eigenvalue weighted by Crippen LogP contribution is -2.34. The highest BCUT2D eigenvalue weighted by atomic mass is 16.2. The zero-order chi connectivity index (χ0) is 13.8. The molecule has 0 spiro atoms. The Hall–Kier alpha value is -1.61. The van der Waals surface area contributed by atoms with Crippen molar-refractivity contribution in [2.24, 2.45) is 0 Å². The quantitative estimate of drug-likeness (QED) is 0.838. The van der Waals surface area contributed by atoms with E-state index in [2.05, 4.69) is 23.5 Å². The van der Waals surface area contributed by atoms with E-state index in [1.54, 1.807) is 0 Å². The topological polar surface area (TPSA) is 32.3 Å². The second kappa shape index (κ2) is 6.23. The summed E-state index contributed by atoms with van der Waals surface area (Å²) in [6.45, 7) is 2.48. The van der Waals surface area contributed by atoms with Gasteiger partial charge in [-0.05, 0) is 37.3 Å². The van der Waals surface area contributed by atoms with Crippen LogP contribution in [0.1, 0.15) is 37.7 Å². The van der Waals surface area contributed by atoms with Crippen LogP contribution in [0.25, 0.3) is 0 Å². The molecule has 1 aliphatic heterocycles. The van der Waals surface area contributed by atoms with Crippen molar-refractivity contribution >= 4 is 11.6 Å². The molecule has 0 radical (unpaired) electrons. The lowest BCUT2D eigenvalue weighted by atomic mass is 9.96. The van der Waals surface area contributed by atoms with Gasteiger partial charge in [-0.1, -0.05) is 29.8 Å². The summed E-state index contributed by atoms with van der Waals surface area (Å²) in [5.41, 5.74) is 3.63. The van der Waals surface area contributed by atoms with E-state index in [-0.39, 0.29) is 5.91 Å². The molecule has 3 nitrogen and oxygen atoms in total. The Balaban J connectivity index is 1.78. The Kier molecular flexibility index (Phi) is 4.16. The molecule has 0 fully saturated rings. The smallest absolute Gasteiger partial charge is 0.231 e. The molecule has 1 N–H and O–H groups in total. The Labute approximate surface area is 120 Å². The van der Waals surface area contributed by atoms with Gasteiger partial charge < -0.3 is 10.2 Å². The molecule has 0 atom stereocenters. The van der Waals surface area contributed by atoms with E-state index < -0.39 is 0 Å². The van der Waals surface area contributed by atoms with Crippen LogP contribution < -0.4 is 10.2 Å². The van der Waals surface area contributed by atoms with E-state index >= 15 is 0 Å². The normalized spacial score (nSPS) is 19.0. The van der Waals surface area contributed by atoms with Gasteiger partial charge in [0.15, 0.2) is 0 Å². The summed E-state index contributed by atoms with van der Waals surface area (Å²) in [4.78, 5) is 14.6. The molecule has 1 aromatic rings. The maximum absolute atomic E-state index is 12.6. The summed E-state index contributed by atoms with van der Waals surface area (Å²) >= 11 is 0. The zero-order valence-corrected chi connectivity index (χ0v) is 11.9. The number of anilines is 1. The van der Waals surface area contributed by atoms with Crippen LogP contribution in [0.5, 0.6) is 0 Å². The van der Waals surface area contributed by atoms with Gasteiger partial charge in [0.25, 0.3) is 0 Å². The Bertz CT molecular complexity index is 521. The number of para-hydroxylation sites is 1. The van der Waals surface area contributed by atoms with E-state index in [1.165, 1.54) is 24.0 Å². The van der Waals surface area contributed by atoms with Crippen molar-refractivity contribution in [3.8, 4) is 0 Å². The average molecular weight is 270 g/mol. The predicted octanol–water partition coefficient (Wildman–Crippen LogP) is 3.01. The minimum Gasteiger partial charge on any atom is -0.311 e. The van der Waals surface area contributed by atoms with Gasteiger partial charge >= 0.3 is 0 Å². The Morgan fingerprint density at radius 1 is 1.25 bits per heavy atom. The molecular formula is C17H22N2O. The molecule has 0 saturated heterocycles. The van der Waals surface area contributed by atoms with Crippen molar-refractivity contribution in [3.63, 3.8) is 0 Å². The minimum absolute atomic E-state index is 0.245. The molecule has 0 bridgehead atoms. The summed E-state index contributed by atoms with van der Waals surface area (Å²) in [7, 11) is 0. The van der Waals surface area contributed by atoms with Crippen molar-refractivity contribution in [2.75, 3.05) is 18.0 Å². The SMILES string of the molecule is O=C(CC1=CCCCC1)N1CCNCc2ccccc21. The zero-order valence-electron chi connectivity index (χ0n) is 11.9. The number of amides is 1. The van der Waals surface area contributed by atoms with Gasteiger partial charge in [0, 0.05) is 31.7 Å². The first-order valence-corrected chi connectivity index (χ1v) is 7.61. The number of benzene rings is 1. The van der Waals surface area contributed by atoms with E-state index in [0.29, 0.717) is 6.42 Å². The monoisotopic (exact) mass is 270 g/mol. The molecule has 3 heteroatoms. The van der Waals surface area contributed by atoms with Gasteiger partial charge in [-0.2, -0.15) is 0 Å². The number of allylic oxidation sites excluding steroid dienone is 1. The molecule has 1 amide bonds. The van der Waals surface area contributed by atoms with Gasteiger partial charge in [-0.3, -0.25) is 4.79 Å². The highest BCUT2D eigenvalue weighted by molar-refractivity contribution is 5.95. The average Bonchev–Trinajstić information content (AvgIpc) is 2.70. The summed E-state index contributed by atoms with van der Waals surface area (Å²) in [6.07, 6.45) is 7.60. The molecule has 1 aromatic carbocycles. The fourth-order valence-corrected chi connectivity index (χ4v) is 3.07. The molecule has 2 aliphatic rings. The standard InChI is InChI=1S/C17H22N2O/c20-17(12-14-6-2-1-3-7-14)19-11-10-18-13-15-8-4-5-9-16(15)19/h4-6,8-9,18H,1-3,7,10-13H2. The maximum Gasteiger partial charge on any atom is 0.231 e. The fraction of sp³-hybridized carbons (Fsp3) is 0.471. The number of hydrogen-bond donors (Lipinski definition) is 1. The van der Waals surface area contributed by atoms with Gasteiger partial charge in [0.05, 0.1) is 0 Å². The van der Waals surface area contributed by atoms with Crippen molar-refractivity contribution in [1.29, 1.82) is 0 Å². The van der Waals surface area contributed by atoms with Crippen LogP contribution in [-0.2, 0) is 11.3 Å². The number of nitrogens with zero attached hydrogens (tertiary/aromatic N) is 1. The molecule has 1 aliphatic carbocycles.